The number of carboxylic acid groups (broad SMARTS) is 1. The number of hydrogen-bond acceptors (Lipinski definition) is 2. The average molecular weight is 447 g/mol. The molecule has 3 heteroatoms. The number of benzene rings is 2. The molecule has 0 aromatic heterocycles. The molecule has 0 aliphatic rings. The standard InChI is InChI=1S/C30H38O3/c1-21(16-28(31)32)10-9-11-22(2)24-17-26(30(6,7)8)19-27(18-24)33-20-23-12-14-25(15-13-23)29(3,4)5/h9-19H,20H2,1-8H3,(H,31,32). The average Bonchev–Trinajstić information content (AvgIpc) is 2.70. The summed E-state index contributed by atoms with van der Waals surface area (Å²) >= 11 is 0. The number of carboxylic acids is 1. The van der Waals surface area contributed by atoms with Crippen molar-refractivity contribution in [2.24, 2.45) is 0 Å². The molecule has 0 radical (unpaired) electrons. The van der Waals surface area contributed by atoms with Crippen molar-refractivity contribution >= 4 is 11.5 Å². The molecule has 2 aromatic rings. The molecule has 0 aliphatic carbocycles. The van der Waals surface area contributed by atoms with Gasteiger partial charge in [-0.2, -0.15) is 0 Å². The van der Waals surface area contributed by atoms with Gasteiger partial charge in [0.15, 0.2) is 0 Å². The lowest BCUT2D eigenvalue weighted by atomic mass is 9.85. The second-order valence-electron chi connectivity index (χ2n) is 10.7. The van der Waals surface area contributed by atoms with Gasteiger partial charge >= 0.3 is 5.97 Å². The Balaban J connectivity index is 2.27. The first kappa shape index (κ1) is 26.2. The van der Waals surface area contributed by atoms with Gasteiger partial charge in [0.05, 0.1) is 0 Å². The maximum absolute atomic E-state index is 10.8. The van der Waals surface area contributed by atoms with Crippen molar-refractivity contribution in [3.05, 3.63) is 94.6 Å². The van der Waals surface area contributed by atoms with Gasteiger partial charge in [-0.05, 0) is 70.2 Å². The van der Waals surface area contributed by atoms with Crippen LogP contribution in [-0.4, -0.2) is 11.1 Å². The zero-order chi connectivity index (χ0) is 24.8. The van der Waals surface area contributed by atoms with E-state index in [0.29, 0.717) is 12.2 Å². The smallest absolute Gasteiger partial charge is 0.328 e. The molecule has 176 valence electrons. The molecular weight excluding hydrogens is 408 g/mol. The van der Waals surface area contributed by atoms with Crippen LogP contribution in [-0.2, 0) is 22.2 Å². The van der Waals surface area contributed by atoms with Gasteiger partial charge in [-0.15, -0.1) is 0 Å². The summed E-state index contributed by atoms with van der Waals surface area (Å²) in [6.45, 7) is 17.6. The minimum Gasteiger partial charge on any atom is -0.489 e. The van der Waals surface area contributed by atoms with E-state index in [1.807, 2.05) is 12.2 Å². The Morgan fingerprint density at radius 3 is 2.06 bits per heavy atom. The molecule has 0 heterocycles. The van der Waals surface area contributed by atoms with Crippen molar-refractivity contribution < 1.29 is 14.6 Å². The van der Waals surface area contributed by atoms with Gasteiger partial charge < -0.3 is 9.84 Å². The van der Waals surface area contributed by atoms with Crippen LogP contribution in [0.4, 0.5) is 0 Å². The molecule has 0 fully saturated rings. The number of rotatable bonds is 7. The molecule has 2 rings (SSSR count). The summed E-state index contributed by atoms with van der Waals surface area (Å²) in [5.41, 5.74) is 6.64. The summed E-state index contributed by atoms with van der Waals surface area (Å²) < 4.78 is 6.21. The molecule has 0 spiro atoms. The van der Waals surface area contributed by atoms with Gasteiger partial charge in [0, 0.05) is 6.08 Å². The lowest BCUT2D eigenvalue weighted by Gasteiger charge is -2.22. The quantitative estimate of drug-likeness (QED) is 0.348. The van der Waals surface area contributed by atoms with Crippen LogP contribution in [0.3, 0.4) is 0 Å². The van der Waals surface area contributed by atoms with E-state index in [0.717, 1.165) is 22.4 Å². The highest BCUT2D eigenvalue weighted by Gasteiger charge is 2.17. The van der Waals surface area contributed by atoms with Crippen LogP contribution >= 0.6 is 0 Å². The number of allylic oxidation sites excluding steroid dienone is 5. The maximum atomic E-state index is 10.8. The maximum Gasteiger partial charge on any atom is 0.328 e. The Labute approximate surface area is 199 Å². The van der Waals surface area contributed by atoms with E-state index in [9.17, 15) is 4.79 Å². The predicted octanol–water partition coefficient (Wildman–Crippen LogP) is 7.85. The zero-order valence-corrected chi connectivity index (χ0v) is 21.3. The lowest BCUT2D eigenvalue weighted by Crippen LogP contribution is -2.12. The minimum absolute atomic E-state index is 0.0145. The van der Waals surface area contributed by atoms with Crippen molar-refractivity contribution in [1.82, 2.24) is 0 Å². The van der Waals surface area contributed by atoms with Crippen LogP contribution in [0.2, 0.25) is 0 Å². The molecule has 3 nitrogen and oxygen atoms in total. The molecule has 0 saturated heterocycles. The van der Waals surface area contributed by atoms with E-state index in [2.05, 4.69) is 90.9 Å². The Morgan fingerprint density at radius 2 is 1.52 bits per heavy atom. The van der Waals surface area contributed by atoms with E-state index in [4.69, 9.17) is 9.84 Å². The van der Waals surface area contributed by atoms with Gasteiger partial charge in [0.2, 0.25) is 0 Å². The summed E-state index contributed by atoms with van der Waals surface area (Å²) in [6.07, 6.45) is 6.87. The summed E-state index contributed by atoms with van der Waals surface area (Å²) in [5.74, 6) is -0.0958. The van der Waals surface area contributed by atoms with Crippen molar-refractivity contribution in [1.29, 1.82) is 0 Å². The predicted molar refractivity (Wildman–Crippen MR) is 139 cm³/mol. The van der Waals surface area contributed by atoms with Crippen molar-refractivity contribution in [3.63, 3.8) is 0 Å². The molecule has 0 amide bonds. The van der Waals surface area contributed by atoms with Crippen molar-refractivity contribution in [2.45, 2.75) is 72.8 Å². The Bertz CT molecular complexity index is 1050. The second-order valence-corrected chi connectivity index (χ2v) is 10.7. The SMILES string of the molecule is CC(C=CC=C(C)c1cc(OCc2ccc(C(C)(C)C)cc2)cc(C(C)(C)C)c1)=CC(=O)O. The highest BCUT2D eigenvalue weighted by atomic mass is 16.5. The molecule has 0 bridgehead atoms. The van der Waals surface area contributed by atoms with E-state index in [-0.39, 0.29) is 10.8 Å². The van der Waals surface area contributed by atoms with Crippen LogP contribution in [0.5, 0.6) is 5.75 Å². The fourth-order valence-corrected chi connectivity index (χ4v) is 3.29. The number of ether oxygens (including phenoxy) is 1. The number of hydrogen-bond donors (Lipinski definition) is 1. The van der Waals surface area contributed by atoms with E-state index < -0.39 is 5.97 Å². The van der Waals surface area contributed by atoms with Gasteiger partial charge in [-0.3, -0.25) is 0 Å². The third-order valence-electron chi connectivity index (χ3n) is 5.51. The minimum atomic E-state index is -0.939. The van der Waals surface area contributed by atoms with Crippen LogP contribution in [0.25, 0.3) is 5.57 Å². The molecular formula is C30H38O3. The van der Waals surface area contributed by atoms with E-state index in [1.54, 1.807) is 13.0 Å². The Kier molecular flexibility index (Phi) is 8.49. The fourth-order valence-electron chi connectivity index (χ4n) is 3.29. The Hall–Kier alpha value is -3.07. The third-order valence-corrected chi connectivity index (χ3v) is 5.51. The molecule has 0 unspecified atom stereocenters. The van der Waals surface area contributed by atoms with Gasteiger partial charge in [-0.25, -0.2) is 4.79 Å². The molecule has 0 saturated carbocycles. The highest BCUT2D eigenvalue weighted by Crippen LogP contribution is 2.31. The molecule has 2 aromatic carbocycles. The van der Waals surface area contributed by atoms with E-state index in [1.165, 1.54) is 17.2 Å². The third kappa shape index (κ3) is 8.42. The Morgan fingerprint density at radius 1 is 0.909 bits per heavy atom. The van der Waals surface area contributed by atoms with Crippen LogP contribution in [0.1, 0.15) is 77.6 Å². The summed E-state index contributed by atoms with van der Waals surface area (Å²) in [6, 6.07) is 15.0. The highest BCUT2D eigenvalue weighted by molar-refractivity contribution is 5.81. The van der Waals surface area contributed by atoms with Gasteiger partial charge in [0.1, 0.15) is 12.4 Å². The zero-order valence-electron chi connectivity index (χ0n) is 21.3. The fraction of sp³-hybridized carbons (Fsp3) is 0.367. The van der Waals surface area contributed by atoms with Crippen LogP contribution in [0, 0.1) is 0 Å². The molecule has 33 heavy (non-hydrogen) atoms. The first-order valence-corrected chi connectivity index (χ1v) is 11.4. The summed E-state index contributed by atoms with van der Waals surface area (Å²) in [4.78, 5) is 10.8. The second kappa shape index (κ2) is 10.7. The monoisotopic (exact) mass is 446 g/mol. The van der Waals surface area contributed by atoms with Gasteiger partial charge in [0.25, 0.3) is 0 Å². The molecule has 1 N–H and O–H groups in total. The van der Waals surface area contributed by atoms with Crippen molar-refractivity contribution in [3.8, 4) is 5.75 Å². The first-order chi connectivity index (χ1) is 15.3. The van der Waals surface area contributed by atoms with E-state index >= 15 is 0 Å². The summed E-state index contributed by atoms with van der Waals surface area (Å²) in [5, 5.41) is 8.85. The van der Waals surface area contributed by atoms with Gasteiger partial charge in [-0.1, -0.05) is 90.1 Å². The largest absolute Gasteiger partial charge is 0.489 e. The first-order valence-electron chi connectivity index (χ1n) is 11.4. The van der Waals surface area contributed by atoms with Crippen LogP contribution < -0.4 is 4.74 Å². The molecule has 0 atom stereocenters. The molecule has 0 aliphatic heterocycles. The number of carbonyl (C=O) groups is 1. The lowest BCUT2D eigenvalue weighted by molar-refractivity contribution is -0.131. The van der Waals surface area contributed by atoms with Crippen LogP contribution in [0.15, 0.2) is 72.3 Å². The normalized spacial score (nSPS) is 13.5. The van der Waals surface area contributed by atoms with Crippen molar-refractivity contribution in [2.75, 3.05) is 0 Å². The number of aliphatic carboxylic acids is 1. The topological polar surface area (TPSA) is 46.5 Å². The summed E-state index contributed by atoms with van der Waals surface area (Å²) in [7, 11) is 0.